The average molecular weight is 392 g/mol. The zero-order valence-corrected chi connectivity index (χ0v) is 11.9. The first-order valence-electron chi connectivity index (χ1n) is 4.47. The van der Waals surface area contributed by atoms with E-state index in [4.69, 9.17) is 0 Å². The molecule has 0 aliphatic carbocycles. The molecule has 0 fully saturated rings. The van der Waals surface area contributed by atoms with Crippen LogP contribution in [0.2, 0.25) is 0 Å². The maximum Gasteiger partial charge on any atom is 0.0161 e. The van der Waals surface area contributed by atoms with Gasteiger partial charge in [-0.3, -0.25) is 0 Å². The summed E-state index contributed by atoms with van der Waals surface area (Å²) in [6, 6.07) is 13.3. The Bertz CT molecular complexity index is 457. The van der Waals surface area contributed by atoms with E-state index in [0.29, 0.717) is 0 Å². The fraction of sp³-hybridized carbons (Fsp3) is 0.0833. The molecule has 1 aromatic carbocycles. The molecule has 2 aromatic rings. The van der Waals surface area contributed by atoms with Crippen molar-refractivity contribution < 1.29 is 20.1 Å². The molecule has 1 radical (unpaired) electrons. The van der Waals surface area contributed by atoms with Gasteiger partial charge < -0.3 is 4.98 Å². The molecule has 0 saturated heterocycles. The minimum Gasteiger partial charge on any atom is -0.304 e. The van der Waals surface area contributed by atoms with Crippen molar-refractivity contribution in [1.82, 2.24) is 4.98 Å². The largest absolute Gasteiger partial charge is 0.304 e. The molecule has 0 amide bonds. The minimum atomic E-state index is 0. The van der Waals surface area contributed by atoms with Crippen LogP contribution in [0, 0.1) is 13.0 Å². The Balaban J connectivity index is 0.00000112. The second-order valence-corrected chi connectivity index (χ2v) is 3.81. The quantitative estimate of drug-likeness (QED) is 0.536. The van der Waals surface area contributed by atoms with Gasteiger partial charge in [0.15, 0.2) is 0 Å². The van der Waals surface area contributed by atoms with Crippen molar-refractivity contribution in [3.05, 3.63) is 48.2 Å². The maximum absolute atomic E-state index is 4.34. The van der Waals surface area contributed by atoms with Crippen molar-refractivity contribution in [2.75, 3.05) is 0 Å². The Morgan fingerprint density at radius 1 is 1.20 bits per heavy atom. The number of hydrogen-bond donors (Lipinski definition) is 0. The first-order chi connectivity index (χ1) is 6.77. The predicted octanol–water partition coefficient (Wildman–Crippen LogP) is 2.36. The summed E-state index contributed by atoms with van der Waals surface area (Å²) in [5, 5.41) is 1.11. The molecule has 0 spiro atoms. The third kappa shape index (κ3) is 2.95. The van der Waals surface area contributed by atoms with E-state index in [1.54, 1.807) is 6.20 Å². The van der Waals surface area contributed by atoms with E-state index in [9.17, 15) is 0 Å². The molecule has 0 saturated carbocycles. The smallest absolute Gasteiger partial charge is 0.0161 e. The van der Waals surface area contributed by atoms with Crippen LogP contribution in [0.4, 0.5) is 0 Å². The molecular formula is C12H11IrNP-. The van der Waals surface area contributed by atoms with Crippen molar-refractivity contribution in [2.45, 2.75) is 6.92 Å². The van der Waals surface area contributed by atoms with E-state index in [1.807, 2.05) is 37.3 Å². The molecule has 1 atom stereocenters. The monoisotopic (exact) mass is 393 g/mol. The van der Waals surface area contributed by atoms with Crippen LogP contribution in [-0.4, -0.2) is 4.98 Å². The van der Waals surface area contributed by atoms with Gasteiger partial charge >= 0.3 is 0 Å². The molecule has 15 heavy (non-hydrogen) atoms. The Kier molecular flexibility index (Phi) is 4.60. The number of aromatic nitrogens is 1. The van der Waals surface area contributed by atoms with Crippen molar-refractivity contribution in [3.8, 4) is 11.3 Å². The third-order valence-corrected chi connectivity index (χ3v) is 2.50. The Morgan fingerprint density at radius 3 is 2.67 bits per heavy atom. The average Bonchev–Trinajstić information content (AvgIpc) is 2.18. The van der Waals surface area contributed by atoms with Gasteiger partial charge in [-0.05, 0) is 17.1 Å². The zero-order valence-electron chi connectivity index (χ0n) is 8.32. The van der Waals surface area contributed by atoms with E-state index in [-0.39, 0.29) is 20.1 Å². The number of hydrogen-bond acceptors (Lipinski definition) is 1. The summed E-state index contributed by atoms with van der Waals surface area (Å²) in [6.45, 7) is 2.04. The van der Waals surface area contributed by atoms with E-state index >= 15 is 0 Å². The fourth-order valence-corrected chi connectivity index (χ4v) is 1.71. The van der Waals surface area contributed by atoms with Crippen LogP contribution in [0.1, 0.15) is 5.56 Å². The fourth-order valence-electron chi connectivity index (χ4n) is 1.37. The van der Waals surface area contributed by atoms with Gasteiger partial charge in [0.05, 0.1) is 0 Å². The topological polar surface area (TPSA) is 12.9 Å². The summed E-state index contributed by atoms with van der Waals surface area (Å²) in [5.41, 5.74) is 3.18. The molecule has 2 rings (SSSR count). The SMILES string of the molecule is Cc1[c-]c(-c2ncccc2P)ccc1.[Ir]. The van der Waals surface area contributed by atoms with E-state index < -0.39 is 0 Å². The second-order valence-electron chi connectivity index (χ2n) is 3.19. The number of aryl methyl sites for hydroxylation is 1. The van der Waals surface area contributed by atoms with Crippen LogP contribution in [-0.2, 0) is 20.1 Å². The standard InChI is InChI=1S/C12H11NP.Ir/c1-9-4-2-5-10(8-9)12-11(14)6-3-7-13-12;/h2-7H,14H2,1H3;/q-1;. The summed E-state index contributed by atoms with van der Waals surface area (Å²) in [7, 11) is 2.69. The summed E-state index contributed by atoms with van der Waals surface area (Å²) in [4.78, 5) is 4.34. The Morgan fingerprint density at radius 2 is 2.00 bits per heavy atom. The van der Waals surface area contributed by atoms with Gasteiger partial charge in [-0.2, -0.15) is 0 Å². The summed E-state index contributed by atoms with van der Waals surface area (Å²) in [5.74, 6) is 0. The molecule has 3 heteroatoms. The van der Waals surface area contributed by atoms with Gasteiger partial charge in [-0.1, -0.05) is 13.0 Å². The van der Waals surface area contributed by atoms with E-state index in [2.05, 4.69) is 20.3 Å². The first kappa shape index (κ1) is 12.5. The Labute approximate surface area is 106 Å². The Hall–Kier alpha value is -0.551. The van der Waals surface area contributed by atoms with Gasteiger partial charge in [0.1, 0.15) is 0 Å². The van der Waals surface area contributed by atoms with Crippen LogP contribution in [0.3, 0.4) is 0 Å². The van der Waals surface area contributed by atoms with Gasteiger partial charge in [-0.15, -0.1) is 44.6 Å². The molecule has 0 N–H and O–H groups in total. The van der Waals surface area contributed by atoms with Crippen LogP contribution in [0.5, 0.6) is 0 Å². The van der Waals surface area contributed by atoms with Crippen LogP contribution in [0.15, 0.2) is 36.5 Å². The van der Waals surface area contributed by atoms with Gasteiger partial charge in [0, 0.05) is 26.3 Å². The molecule has 0 bridgehead atoms. The predicted molar refractivity (Wildman–Crippen MR) is 62.6 cm³/mol. The molecule has 1 nitrogen and oxygen atoms in total. The third-order valence-electron chi connectivity index (χ3n) is 2.03. The number of pyridine rings is 1. The maximum atomic E-state index is 4.34. The number of nitrogens with zero attached hydrogens (tertiary/aromatic N) is 1. The molecule has 1 heterocycles. The summed E-state index contributed by atoms with van der Waals surface area (Å²) in [6.07, 6.45) is 1.80. The molecule has 1 aromatic heterocycles. The van der Waals surface area contributed by atoms with Crippen LogP contribution < -0.4 is 5.30 Å². The number of rotatable bonds is 1. The zero-order chi connectivity index (χ0) is 9.97. The molecule has 0 aliphatic heterocycles. The van der Waals surface area contributed by atoms with Crippen molar-refractivity contribution in [2.24, 2.45) is 0 Å². The molecule has 79 valence electrons. The van der Waals surface area contributed by atoms with Crippen molar-refractivity contribution >= 4 is 14.5 Å². The summed E-state index contributed by atoms with van der Waals surface area (Å²) < 4.78 is 0. The van der Waals surface area contributed by atoms with Crippen LogP contribution >= 0.6 is 9.24 Å². The van der Waals surface area contributed by atoms with Crippen LogP contribution in [0.25, 0.3) is 11.3 Å². The van der Waals surface area contributed by atoms with Gasteiger partial charge in [0.25, 0.3) is 0 Å². The first-order valence-corrected chi connectivity index (χ1v) is 5.05. The van der Waals surface area contributed by atoms with Gasteiger partial charge in [-0.25, -0.2) is 0 Å². The second kappa shape index (κ2) is 5.51. The molecular weight excluding hydrogens is 381 g/mol. The molecule has 0 aliphatic rings. The van der Waals surface area contributed by atoms with Gasteiger partial charge in [0.2, 0.25) is 0 Å². The van der Waals surface area contributed by atoms with E-state index in [1.165, 1.54) is 0 Å². The summed E-state index contributed by atoms with van der Waals surface area (Å²) >= 11 is 0. The number of benzene rings is 1. The van der Waals surface area contributed by atoms with Crippen molar-refractivity contribution in [3.63, 3.8) is 0 Å². The normalized spacial score (nSPS) is 9.47. The van der Waals surface area contributed by atoms with E-state index in [0.717, 1.165) is 22.1 Å². The van der Waals surface area contributed by atoms with Crippen molar-refractivity contribution in [1.29, 1.82) is 0 Å². The molecule has 1 unspecified atom stereocenters. The minimum absolute atomic E-state index is 0.